The monoisotopic (exact) mass is 410 g/mol. The largest absolute Gasteiger partial charge is 0.355 e. The molecule has 1 aromatic carbocycles. The molecule has 8 heteroatoms. The Morgan fingerprint density at radius 1 is 1.07 bits per heavy atom. The number of hydrogen-bond acceptors (Lipinski definition) is 6. The second-order valence-corrected chi connectivity index (χ2v) is 7.76. The second-order valence-electron chi connectivity index (χ2n) is 6.81. The highest BCUT2D eigenvalue weighted by molar-refractivity contribution is 7.12. The zero-order chi connectivity index (χ0) is 20.1. The number of aromatic nitrogens is 1. The standard InChI is InChI=1S/C21H22N4O3S/c26-20(19-7-4-14-29-19)22-8-9-24-10-12-25(13-11-24)21(27)17-15-18(28-23-17)16-5-2-1-3-6-16/h1-7,14-15H,8-13H2,(H,22,26). The van der Waals surface area contributed by atoms with Gasteiger partial charge in [0.15, 0.2) is 11.5 Å². The SMILES string of the molecule is O=C(NCCN1CCN(C(=O)c2cc(-c3ccccc3)on2)CC1)c1cccs1. The van der Waals surface area contributed by atoms with Crippen molar-refractivity contribution in [2.75, 3.05) is 39.3 Å². The number of hydrogen-bond donors (Lipinski definition) is 1. The Labute approximate surface area is 172 Å². The maximum Gasteiger partial charge on any atom is 0.276 e. The van der Waals surface area contributed by atoms with Crippen LogP contribution in [0.1, 0.15) is 20.2 Å². The highest BCUT2D eigenvalue weighted by Crippen LogP contribution is 2.20. The van der Waals surface area contributed by atoms with Crippen LogP contribution in [-0.4, -0.2) is 66.0 Å². The highest BCUT2D eigenvalue weighted by atomic mass is 32.1. The summed E-state index contributed by atoms with van der Waals surface area (Å²) in [7, 11) is 0. The molecule has 0 spiro atoms. The number of nitrogens with one attached hydrogen (secondary N) is 1. The number of rotatable bonds is 6. The summed E-state index contributed by atoms with van der Waals surface area (Å²) < 4.78 is 5.34. The average molecular weight is 410 g/mol. The lowest BCUT2D eigenvalue weighted by Gasteiger charge is -2.34. The number of nitrogens with zero attached hydrogens (tertiary/aromatic N) is 3. The van der Waals surface area contributed by atoms with Crippen molar-refractivity contribution in [2.24, 2.45) is 0 Å². The maximum atomic E-state index is 12.7. The smallest absolute Gasteiger partial charge is 0.276 e. The zero-order valence-electron chi connectivity index (χ0n) is 15.9. The van der Waals surface area contributed by atoms with E-state index < -0.39 is 0 Å². The molecule has 1 aliphatic heterocycles. The third-order valence-corrected chi connectivity index (χ3v) is 5.77. The van der Waals surface area contributed by atoms with Crippen LogP contribution in [0.25, 0.3) is 11.3 Å². The molecule has 0 aliphatic carbocycles. The Hall–Kier alpha value is -2.97. The highest BCUT2D eigenvalue weighted by Gasteiger charge is 2.24. The molecule has 0 radical (unpaired) electrons. The van der Waals surface area contributed by atoms with E-state index in [0.29, 0.717) is 31.1 Å². The molecule has 0 unspecified atom stereocenters. The van der Waals surface area contributed by atoms with E-state index in [1.807, 2.05) is 47.8 Å². The molecule has 2 aromatic heterocycles. The van der Waals surface area contributed by atoms with Gasteiger partial charge in [0.05, 0.1) is 4.88 Å². The lowest BCUT2D eigenvalue weighted by molar-refractivity contribution is 0.0628. The van der Waals surface area contributed by atoms with Crippen LogP contribution in [0.5, 0.6) is 0 Å². The average Bonchev–Trinajstić information content (AvgIpc) is 3.47. The first-order chi connectivity index (χ1) is 14.2. The first-order valence-electron chi connectivity index (χ1n) is 9.56. The molecule has 3 aromatic rings. The van der Waals surface area contributed by atoms with Crippen molar-refractivity contribution in [3.05, 3.63) is 64.5 Å². The number of thiophene rings is 1. The zero-order valence-corrected chi connectivity index (χ0v) is 16.7. The summed E-state index contributed by atoms with van der Waals surface area (Å²) in [6.07, 6.45) is 0. The minimum atomic E-state index is -0.110. The maximum absolute atomic E-state index is 12.7. The van der Waals surface area contributed by atoms with Crippen LogP contribution in [0.15, 0.2) is 58.4 Å². The van der Waals surface area contributed by atoms with Gasteiger partial charge in [-0.2, -0.15) is 0 Å². The Bertz CT molecular complexity index is 947. The van der Waals surface area contributed by atoms with Crippen molar-refractivity contribution in [1.82, 2.24) is 20.3 Å². The van der Waals surface area contributed by atoms with E-state index in [0.717, 1.165) is 30.1 Å². The van der Waals surface area contributed by atoms with Gasteiger partial charge in [0.2, 0.25) is 0 Å². The van der Waals surface area contributed by atoms with Gasteiger partial charge in [0.1, 0.15) is 0 Å². The van der Waals surface area contributed by atoms with E-state index in [2.05, 4.69) is 15.4 Å². The lowest BCUT2D eigenvalue weighted by atomic mass is 10.1. The van der Waals surface area contributed by atoms with Gasteiger partial charge < -0.3 is 14.7 Å². The lowest BCUT2D eigenvalue weighted by Crippen LogP contribution is -2.50. The van der Waals surface area contributed by atoms with Gasteiger partial charge in [0.25, 0.3) is 11.8 Å². The summed E-state index contributed by atoms with van der Waals surface area (Å²) in [5.41, 5.74) is 1.23. The van der Waals surface area contributed by atoms with E-state index in [1.165, 1.54) is 11.3 Å². The number of amides is 2. The van der Waals surface area contributed by atoms with Gasteiger partial charge in [-0.3, -0.25) is 14.5 Å². The first-order valence-corrected chi connectivity index (χ1v) is 10.4. The number of carbonyl (C=O) groups is 2. The fourth-order valence-electron chi connectivity index (χ4n) is 3.27. The Balaban J connectivity index is 1.24. The fraction of sp³-hybridized carbons (Fsp3) is 0.286. The van der Waals surface area contributed by atoms with E-state index in [9.17, 15) is 9.59 Å². The van der Waals surface area contributed by atoms with Crippen LogP contribution in [0.3, 0.4) is 0 Å². The van der Waals surface area contributed by atoms with Crippen molar-refractivity contribution in [2.45, 2.75) is 0 Å². The van der Waals surface area contributed by atoms with Crippen LogP contribution < -0.4 is 5.32 Å². The molecular formula is C21H22N4O3S. The number of carbonyl (C=O) groups excluding carboxylic acids is 2. The van der Waals surface area contributed by atoms with Crippen molar-refractivity contribution in [1.29, 1.82) is 0 Å². The number of piperazine rings is 1. The topological polar surface area (TPSA) is 78.7 Å². The van der Waals surface area contributed by atoms with Crippen molar-refractivity contribution in [3.63, 3.8) is 0 Å². The minimum Gasteiger partial charge on any atom is -0.355 e. The minimum absolute atomic E-state index is 0.0333. The molecule has 0 saturated carbocycles. The molecule has 7 nitrogen and oxygen atoms in total. The molecule has 1 N–H and O–H groups in total. The van der Waals surface area contributed by atoms with Gasteiger partial charge >= 0.3 is 0 Å². The van der Waals surface area contributed by atoms with Crippen LogP contribution in [0, 0.1) is 0 Å². The molecule has 2 amide bonds. The van der Waals surface area contributed by atoms with Crippen LogP contribution in [0.2, 0.25) is 0 Å². The summed E-state index contributed by atoms with van der Waals surface area (Å²) in [6.45, 7) is 4.15. The molecular weight excluding hydrogens is 388 g/mol. The predicted molar refractivity (Wildman–Crippen MR) is 111 cm³/mol. The van der Waals surface area contributed by atoms with E-state index in [4.69, 9.17) is 4.52 Å². The van der Waals surface area contributed by atoms with Crippen LogP contribution in [0.4, 0.5) is 0 Å². The molecule has 0 atom stereocenters. The fourth-order valence-corrected chi connectivity index (χ4v) is 3.91. The summed E-state index contributed by atoms with van der Waals surface area (Å²) in [6, 6.07) is 15.0. The molecule has 1 saturated heterocycles. The molecule has 29 heavy (non-hydrogen) atoms. The summed E-state index contributed by atoms with van der Waals surface area (Å²) in [4.78, 5) is 29.4. The quantitative estimate of drug-likeness (QED) is 0.676. The molecule has 3 heterocycles. The summed E-state index contributed by atoms with van der Waals surface area (Å²) in [5.74, 6) is 0.449. The molecule has 4 rings (SSSR count). The van der Waals surface area contributed by atoms with Crippen molar-refractivity contribution < 1.29 is 14.1 Å². The summed E-state index contributed by atoms with van der Waals surface area (Å²) >= 11 is 1.44. The first kappa shape index (κ1) is 19.4. The van der Waals surface area contributed by atoms with E-state index in [1.54, 1.807) is 11.0 Å². The van der Waals surface area contributed by atoms with E-state index >= 15 is 0 Å². The molecule has 150 valence electrons. The normalized spacial score (nSPS) is 14.7. The molecule has 0 bridgehead atoms. The van der Waals surface area contributed by atoms with Crippen LogP contribution in [-0.2, 0) is 0 Å². The summed E-state index contributed by atoms with van der Waals surface area (Å²) in [5, 5.41) is 8.78. The predicted octanol–water partition coefficient (Wildman–Crippen LogP) is 2.59. The Kier molecular flexibility index (Phi) is 6.02. The third kappa shape index (κ3) is 4.72. The Morgan fingerprint density at radius 2 is 1.86 bits per heavy atom. The van der Waals surface area contributed by atoms with Crippen molar-refractivity contribution >= 4 is 23.2 Å². The van der Waals surface area contributed by atoms with Gasteiger partial charge in [-0.05, 0) is 11.4 Å². The second kappa shape index (κ2) is 9.02. The van der Waals surface area contributed by atoms with Gasteiger partial charge in [-0.25, -0.2) is 0 Å². The van der Waals surface area contributed by atoms with Gasteiger partial charge in [0, 0.05) is 50.9 Å². The molecule has 1 fully saturated rings. The number of benzene rings is 1. The van der Waals surface area contributed by atoms with E-state index in [-0.39, 0.29) is 11.8 Å². The molecule has 1 aliphatic rings. The van der Waals surface area contributed by atoms with Crippen molar-refractivity contribution in [3.8, 4) is 11.3 Å². The third-order valence-electron chi connectivity index (χ3n) is 4.91. The van der Waals surface area contributed by atoms with Crippen LogP contribution >= 0.6 is 11.3 Å². The van der Waals surface area contributed by atoms with Gasteiger partial charge in [-0.15, -0.1) is 11.3 Å². The Morgan fingerprint density at radius 3 is 2.59 bits per heavy atom. The van der Waals surface area contributed by atoms with Gasteiger partial charge in [-0.1, -0.05) is 41.6 Å².